The summed E-state index contributed by atoms with van der Waals surface area (Å²) in [5.74, 6) is -1.04. The number of hydrogen-bond donors (Lipinski definition) is 3. The van der Waals surface area contributed by atoms with E-state index >= 15 is 0 Å². The number of thiocarbonyl (C=S) groups is 1. The quantitative estimate of drug-likeness (QED) is 0.556. The molecule has 0 spiro atoms. The molecule has 0 aliphatic carbocycles. The number of carbonyl (C=O) groups excluding carboxylic acids is 1. The zero-order chi connectivity index (χ0) is 18.4. The van der Waals surface area contributed by atoms with Gasteiger partial charge in [0.1, 0.15) is 5.75 Å². The molecule has 0 unspecified atom stereocenters. The van der Waals surface area contributed by atoms with Crippen LogP contribution in [-0.4, -0.2) is 28.7 Å². The average molecular weight is 488 g/mol. The molecule has 0 heterocycles. The largest absolute Gasteiger partial charge is 0.484 e. The number of hydrogen-bond acceptors (Lipinski definition) is 4. The minimum absolute atomic E-state index is 0.0192. The van der Waals surface area contributed by atoms with Crippen LogP contribution in [0.3, 0.4) is 0 Å². The van der Waals surface area contributed by atoms with Crippen molar-refractivity contribution in [1.82, 2.24) is 5.32 Å². The number of amides is 1. The number of carboxylic acids is 1. The third-order valence-corrected chi connectivity index (χ3v) is 4.12. The second-order valence-electron chi connectivity index (χ2n) is 4.74. The Kier molecular flexibility index (Phi) is 6.91. The van der Waals surface area contributed by atoms with Crippen LogP contribution < -0.4 is 15.4 Å². The van der Waals surface area contributed by atoms with Gasteiger partial charge in [0, 0.05) is 8.95 Å². The van der Waals surface area contributed by atoms with E-state index in [-0.39, 0.29) is 23.0 Å². The smallest absolute Gasteiger partial charge is 0.337 e. The SMILES string of the molecule is O=C(COc1ccc(Br)cc1)NC(=S)Nc1ccc(Br)cc1C(=O)O. The lowest BCUT2D eigenvalue weighted by atomic mass is 10.2. The molecule has 0 atom stereocenters. The zero-order valence-corrected chi connectivity index (χ0v) is 16.6. The summed E-state index contributed by atoms with van der Waals surface area (Å²) < 4.78 is 6.85. The Balaban J connectivity index is 1.90. The van der Waals surface area contributed by atoms with Crippen LogP contribution in [-0.2, 0) is 4.79 Å². The van der Waals surface area contributed by atoms with Crippen LogP contribution in [0, 0.1) is 0 Å². The molecule has 130 valence electrons. The van der Waals surface area contributed by atoms with Gasteiger partial charge in [0.15, 0.2) is 11.7 Å². The van der Waals surface area contributed by atoms with Gasteiger partial charge in [-0.05, 0) is 54.7 Å². The van der Waals surface area contributed by atoms with E-state index in [4.69, 9.17) is 17.0 Å². The summed E-state index contributed by atoms with van der Waals surface area (Å²) in [5.41, 5.74) is 0.298. The first-order chi connectivity index (χ1) is 11.8. The third kappa shape index (κ3) is 6.11. The van der Waals surface area contributed by atoms with Gasteiger partial charge in [-0.15, -0.1) is 0 Å². The Morgan fingerprint density at radius 2 is 1.72 bits per heavy atom. The van der Waals surface area contributed by atoms with Crippen molar-refractivity contribution in [2.75, 3.05) is 11.9 Å². The summed E-state index contributed by atoms with van der Waals surface area (Å²) in [6.45, 7) is -0.227. The standard InChI is InChI=1S/C16H12Br2N2O4S/c17-9-1-4-11(5-2-9)24-8-14(21)20-16(25)19-13-6-3-10(18)7-12(13)15(22)23/h1-7H,8H2,(H,22,23)(H2,19,20,21,25). The van der Waals surface area contributed by atoms with E-state index in [1.807, 2.05) is 0 Å². The van der Waals surface area contributed by atoms with Crippen molar-refractivity contribution in [1.29, 1.82) is 0 Å². The summed E-state index contributed by atoms with van der Waals surface area (Å²) in [4.78, 5) is 23.1. The lowest BCUT2D eigenvalue weighted by Crippen LogP contribution is -2.37. The third-order valence-electron chi connectivity index (χ3n) is 2.90. The Labute approximate surface area is 165 Å². The second kappa shape index (κ2) is 8.93. The van der Waals surface area contributed by atoms with Crippen LogP contribution in [0.1, 0.15) is 10.4 Å². The molecule has 2 rings (SSSR count). The van der Waals surface area contributed by atoms with E-state index in [0.29, 0.717) is 10.2 Å². The second-order valence-corrected chi connectivity index (χ2v) is 6.98. The van der Waals surface area contributed by atoms with Gasteiger partial charge in [0.2, 0.25) is 0 Å². The van der Waals surface area contributed by atoms with Crippen LogP contribution in [0.4, 0.5) is 5.69 Å². The number of carbonyl (C=O) groups is 2. The predicted octanol–water partition coefficient (Wildman–Crippen LogP) is 3.80. The van der Waals surface area contributed by atoms with E-state index in [2.05, 4.69) is 42.5 Å². The van der Waals surface area contributed by atoms with Gasteiger partial charge in [-0.1, -0.05) is 31.9 Å². The molecular weight excluding hydrogens is 476 g/mol. The highest BCUT2D eigenvalue weighted by Crippen LogP contribution is 2.21. The fourth-order valence-electron chi connectivity index (χ4n) is 1.80. The fraction of sp³-hybridized carbons (Fsp3) is 0.0625. The molecule has 0 fully saturated rings. The summed E-state index contributed by atoms with van der Waals surface area (Å²) >= 11 is 11.5. The monoisotopic (exact) mass is 486 g/mol. The normalized spacial score (nSPS) is 10.0. The average Bonchev–Trinajstić information content (AvgIpc) is 2.55. The van der Waals surface area contributed by atoms with E-state index in [1.165, 1.54) is 6.07 Å². The van der Waals surface area contributed by atoms with Crippen molar-refractivity contribution in [2.24, 2.45) is 0 Å². The number of halogens is 2. The molecule has 0 aliphatic heterocycles. The zero-order valence-electron chi connectivity index (χ0n) is 12.6. The van der Waals surface area contributed by atoms with Crippen LogP contribution in [0.25, 0.3) is 0 Å². The maximum Gasteiger partial charge on any atom is 0.337 e. The van der Waals surface area contributed by atoms with Gasteiger partial charge in [0.05, 0.1) is 11.3 Å². The Morgan fingerprint density at radius 3 is 2.36 bits per heavy atom. The van der Waals surface area contributed by atoms with Gasteiger partial charge in [0.25, 0.3) is 5.91 Å². The molecule has 2 aromatic carbocycles. The minimum atomic E-state index is -1.11. The van der Waals surface area contributed by atoms with Crippen LogP contribution in [0.5, 0.6) is 5.75 Å². The van der Waals surface area contributed by atoms with E-state index < -0.39 is 11.9 Å². The maximum absolute atomic E-state index is 11.9. The maximum atomic E-state index is 11.9. The molecule has 2 aromatic rings. The van der Waals surface area contributed by atoms with Crippen LogP contribution >= 0.6 is 44.1 Å². The van der Waals surface area contributed by atoms with Crippen LogP contribution in [0.15, 0.2) is 51.4 Å². The highest BCUT2D eigenvalue weighted by Gasteiger charge is 2.13. The molecule has 0 radical (unpaired) electrons. The molecule has 0 bridgehead atoms. The molecule has 6 nitrogen and oxygen atoms in total. The van der Waals surface area contributed by atoms with Gasteiger partial charge in [-0.3, -0.25) is 10.1 Å². The Hall–Kier alpha value is -1.97. The molecule has 0 saturated heterocycles. The molecule has 25 heavy (non-hydrogen) atoms. The molecule has 9 heteroatoms. The fourth-order valence-corrected chi connectivity index (χ4v) is 2.65. The van der Waals surface area contributed by atoms with Crippen molar-refractivity contribution >= 4 is 66.8 Å². The molecule has 0 aromatic heterocycles. The number of rotatable bonds is 5. The van der Waals surface area contributed by atoms with Crippen molar-refractivity contribution < 1.29 is 19.4 Å². The van der Waals surface area contributed by atoms with Gasteiger partial charge >= 0.3 is 5.97 Å². The van der Waals surface area contributed by atoms with E-state index in [9.17, 15) is 14.7 Å². The lowest BCUT2D eigenvalue weighted by molar-refractivity contribution is -0.121. The topological polar surface area (TPSA) is 87.7 Å². The molecule has 3 N–H and O–H groups in total. The van der Waals surface area contributed by atoms with E-state index in [1.54, 1.807) is 36.4 Å². The first-order valence-corrected chi connectivity index (χ1v) is 8.86. The first-order valence-electron chi connectivity index (χ1n) is 6.87. The predicted molar refractivity (Wildman–Crippen MR) is 105 cm³/mol. The highest BCUT2D eigenvalue weighted by molar-refractivity contribution is 9.10. The highest BCUT2D eigenvalue weighted by atomic mass is 79.9. The molecule has 0 saturated carbocycles. The Bertz CT molecular complexity index is 812. The van der Waals surface area contributed by atoms with Gasteiger partial charge in [-0.25, -0.2) is 4.79 Å². The first kappa shape index (κ1) is 19.4. The molecule has 0 aliphatic rings. The number of nitrogens with one attached hydrogen (secondary N) is 2. The number of carboxylic acid groups (broad SMARTS) is 1. The summed E-state index contributed by atoms with van der Waals surface area (Å²) in [6, 6.07) is 11.7. The lowest BCUT2D eigenvalue weighted by Gasteiger charge is -2.12. The van der Waals surface area contributed by atoms with Gasteiger partial charge in [-0.2, -0.15) is 0 Å². The molecule has 1 amide bonds. The van der Waals surface area contributed by atoms with Crippen molar-refractivity contribution in [3.63, 3.8) is 0 Å². The number of ether oxygens (including phenoxy) is 1. The Morgan fingerprint density at radius 1 is 1.08 bits per heavy atom. The van der Waals surface area contributed by atoms with Crippen molar-refractivity contribution in [3.05, 3.63) is 57.0 Å². The minimum Gasteiger partial charge on any atom is -0.484 e. The van der Waals surface area contributed by atoms with Crippen LogP contribution in [0.2, 0.25) is 0 Å². The van der Waals surface area contributed by atoms with E-state index in [0.717, 1.165) is 4.47 Å². The number of aromatic carboxylic acids is 1. The number of benzene rings is 2. The molecular formula is C16H12Br2N2O4S. The van der Waals surface area contributed by atoms with Crippen molar-refractivity contribution in [2.45, 2.75) is 0 Å². The summed E-state index contributed by atoms with van der Waals surface area (Å²) in [6.07, 6.45) is 0. The van der Waals surface area contributed by atoms with Gasteiger partial charge < -0.3 is 15.2 Å². The van der Waals surface area contributed by atoms with Crippen molar-refractivity contribution in [3.8, 4) is 5.75 Å². The summed E-state index contributed by atoms with van der Waals surface area (Å²) in [5, 5.41) is 14.3. The number of anilines is 1. The summed E-state index contributed by atoms with van der Waals surface area (Å²) in [7, 11) is 0.